The van der Waals surface area contributed by atoms with Gasteiger partial charge in [0, 0.05) is 22.0 Å². The molecule has 0 aliphatic heterocycles. The lowest BCUT2D eigenvalue weighted by molar-refractivity contribution is -0.141. The minimum atomic E-state index is -4.50. The highest BCUT2D eigenvalue weighted by atomic mass is 32.2. The molecule has 0 aliphatic rings. The minimum absolute atomic E-state index is 0.412. The number of alkyl halides is 3. The molecule has 148 valence electrons. The molecule has 1 aromatic heterocycles. The van der Waals surface area contributed by atoms with Crippen molar-refractivity contribution in [3.63, 3.8) is 0 Å². The average molecular weight is 406 g/mol. The minimum Gasteiger partial charge on any atom is -0.259 e. The van der Waals surface area contributed by atoms with Gasteiger partial charge in [-0.1, -0.05) is 36.4 Å². The molecule has 3 aromatic rings. The first-order valence-corrected chi connectivity index (χ1v) is 10.2. The van der Waals surface area contributed by atoms with Crippen molar-refractivity contribution < 1.29 is 17.4 Å². The molecule has 0 radical (unpaired) electrons. The molecule has 1 atom stereocenters. The molecule has 0 fully saturated rings. The molecule has 1 heterocycles. The number of hydrogen-bond donors (Lipinski definition) is 0. The van der Waals surface area contributed by atoms with Crippen molar-refractivity contribution in [1.29, 1.82) is 0 Å². The second-order valence-electron chi connectivity index (χ2n) is 7.55. The summed E-state index contributed by atoms with van der Waals surface area (Å²) in [4.78, 5) is 0.724. The molecule has 0 aliphatic carbocycles. The first-order chi connectivity index (χ1) is 13.0. The summed E-state index contributed by atoms with van der Waals surface area (Å²) in [5, 5.41) is 3.80. The second-order valence-corrected chi connectivity index (χ2v) is 8.93. The average Bonchev–Trinajstić information content (AvgIpc) is 3.08. The third-order valence-corrected chi connectivity index (χ3v) is 5.23. The first-order valence-electron chi connectivity index (χ1n) is 8.69. The molecule has 0 bridgehead atoms. The van der Waals surface area contributed by atoms with E-state index < -0.39 is 28.2 Å². The Balaban J connectivity index is 2.03. The van der Waals surface area contributed by atoms with E-state index in [1.54, 1.807) is 24.5 Å². The Kier molecular flexibility index (Phi) is 5.23. The van der Waals surface area contributed by atoms with Crippen molar-refractivity contribution in [3.05, 3.63) is 60.3 Å². The predicted octanol–water partition coefficient (Wildman–Crippen LogP) is 5.73. The third-order valence-electron chi connectivity index (χ3n) is 4.32. The van der Waals surface area contributed by atoms with Crippen LogP contribution >= 0.6 is 0 Å². The smallest absolute Gasteiger partial charge is 0.259 e. The predicted molar refractivity (Wildman–Crippen MR) is 105 cm³/mol. The van der Waals surface area contributed by atoms with Gasteiger partial charge in [0.2, 0.25) is 0 Å². The Morgan fingerprint density at radius 1 is 0.893 bits per heavy atom. The van der Waals surface area contributed by atoms with E-state index in [4.69, 9.17) is 0 Å². The standard InChI is InChI=1S/C21H21F3N2OS/c1-20(2,3)26-18(13-19(25-26)21(22,23)24)15-10-8-14(9-11-15)16-6-5-7-17(12-16)28(4)27/h5-13H,1-4H3. The second kappa shape index (κ2) is 7.20. The maximum Gasteiger partial charge on any atom is 0.435 e. The summed E-state index contributed by atoms with van der Waals surface area (Å²) < 4.78 is 52.6. The summed E-state index contributed by atoms with van der Waals surface area (Å²) in [7, 11) is -1.08. The fraction of sp³-hybridized carbons (Fsp3) is 0.286. The van der Waals surface area contributed by atoms with Crippen molar-refractivity contribution in [2.24, 2.45) is 0 Å². The molecule has 0 N–H and O–H groups in total. The van der Waals surface area contributed by atoms with E-state index in [9.17, 15) is 17.4 Å². The van der Waals surface area contributed by atoms with Gasteiger partial charge in [-0.05, 0) is 55.7 Å². The van der Waals surface area contributed by atoms with Gasteiger partial charge in [0.15, 0.2) is 5.69 Å². The lowest BCUT2D eigenvalue weighted by Gasteiger charge is -2.22. The van der Waals surface area contributed by atoms with Crippen LogP contribution in [0.2, 0.25) is 0 Å². The summed E-state index contributed by atoms with van der Waals surface area (Å²) in [5.41, 5.74) is 1.36. The van der Waals surface area contributed by atoms with Crippen LogP contribution in [-0.2, 0) is 22.5 Å². The molecule has 0 saturated carbocycles. The summed E-state index contributed by atoms with van der Waals surface area (Å²) in [6, 6.07) is 15.7. The molecule has 0 amide bonds. The van der Waals surface area contributed by atoms with Crippen molar-refractivity contribution >= 4 is 10.8 Å². The number of nitrogens with zero attached hydrogens (tertiary/aromatic N) is 2. The van der Waals surface area contributed by atoms with Gasteiger partial charge in [-0.3, -0.25) is 8.89 Å². The highest BCUT2D eigenvalue weighted by Crippen LogP contribution is 2.35. The van der Waals surface area contributed by atoms with E-state index >= 15 is 0 Å². The first kappa shape index (κ1) is 20.3. The van der Waals surface area contributed by atoms with Crippen LogP contribution in [0.4, 0.5) is 13.2 Å². The van der Waals surface area contributed by atoms with E-state index in [2.05, 4.69) is 5.10 Å². The zero-order valence-electron chi connectivity index (χ0n) is 16.0. The van der Waals surface area contributed by atoms with Gasteiger partial charge in [0.25, 0.3) is 0 Å². The van der Waals surface area contributed by atoms with Crippen molar-refractivity contribution in [1.82, 2.24) is 9.78 Å². The van der Waals surface area contributed by atoms with Gasteiger partial charge in [-0.25, -0.2) is 0 Å². The zero-order valence-corrected chi connectivity index (χ0v) is 16.9. The number of aromatic nitrogens is 2. The number of rotatable bonds is 3. The monoisotopic (exact) mass is 406 g/mol. The largest absolute Gasteiger partial charge is 0.435 e. The molecule has 2 aromatic carbocycles. The van der Waals surface area contributed by atoms with Gasteiger partial charge in [0.1, 0.15) is 0 Å². The SMILES string of the molecule is CS(=O)c1cccc(-c2ccc(-c3cc(C(F)(F)F)nn3C(C)(C)C)cc2)c1. The van der Waals surface area contributed by atoms with Crippen LogP contribution in [0.5, 0.6) is 0 Å². The lowest BCUT2D eigenvalue weighted by atomic mass is 10.0. The van der Waals surface area contributed by atoms with E-state index in [-0.39, 0.29) is 0 Å². The Hall–Kier alpha value is -2.41. The number of hydrogen-bond acceptors (Lipinski definition) is 2. The number of benzene rings is 2. The fourth-order valence-electron chi connectivity index (χ4n) is 2.92. The summed E-state index contributed by atoms with van der Waals surface area (Å²) in [6.07, 6.45) is -2.88. The van der Waals surface area contributed by atoms with Crippen molar-refractivity contribution in [2.45, 2.75) is 37.4 Å². The maximum atomic E-state index is 13.2. The van der Waals surface area contributed by atoms with Gasteiger partial charge >= 0.3 is 6.18 Å². The summed E-state index contributed by atoms with van der Waals surface area (Å²) in [5.74, 6) is 0. The van der Waals surface area contributed by atoms with Crippen molar-refractivity contribution in [2.75, 3.05) is 6.26 Å². The highest BCUT2D eigenvalue weighted by Gasteiger charge is 2.36. The quantitative estimate of drug-likeness (QED) is 0.557. The van der Waals surface area contributed by atoms with Crippen LogP contribution in [-0.4, -0.2) is 20.2 Å². The van der Waals surface area contributed by atoms with Crippen LogP contribution in [0.3, 0.4) is 0 Å². The Labute approximate surface area is 164 Å². The van der Waals surface area contributed by atoms with E-state index in [0.29, 0.717) is 11.3 Å². The number of halogens is 3. The van der Waals surface area contributed by atoms with E-state index in [1.807, 2.05) is 51.1 Å². The van der Waals surface area contributed by atoms with E-state index in [0.717, 1.165) is 22.1 Å². The Bertz CT molecular complexity index is 1020. The molecular weight excluding hydrogens is 385 g/mol. The van der Waals surface area contributed by atoms with Crippen LogP contribution in [0.15, 0.2) is 59.5 Å². The molecule has 3 rings (SSSR count). The topological polar surface area (TPSA) is 34.9 Å². The summed E-state index contributed by atoms with van der Waals surface area (Å²) >= 11 is 0. The zero-order chi connectivity index (χ0) is 20.7. The van der Waals surface area contributed by atoms with Gasteiger partial charge in [-0.2, -0.15) is 18.3 Å². The van der Waals surface area contributed by atoms with Gasteiger partial charge in [0.05, 0.1) is 11.2 Å². The Morgan fingerprint density at radius 2 is 1.50 bits per heavy atom. The van der Waals surface area contributed by atoms with Crippen LogP contribution in [0, 0.1) is 0 Å². The van der Waals surface area contributed by atoms with E-state index in [1.165, 1.54) is 4.68 Å². The van der Waals surface area contributed by atoms with Crippen LogP contribution in [0.1, 0.15) is 26.5 Å². The molecular formula is C21H21F3N2OS. The van der Waals surface area contributed by atoms with Gasteiger partial charge < -0.3 is 0 Å². The normalized spacial score (nSPS) is 13.5. The molecule has 0 spiro atoms. The lowest BCUT2D eigenvalue weighted by Crippen LogP contribution is -2.24. The highest BCUT2D eigenvalue weighted by molar-refractivity contribution is 7.84. The molecule has 7 heteroatoms. The fourth-order valence-corrected chi connectivity index (χ4v) is 3.49. The molecule has 3 nitrogen and oxygen atoms in total. The summed E-state index contributed by atoms with van der Waals surface area (Å²) in [6.45, 7) is 5.44. The molecule has 28 heavy (non-hydrogen) atoms. The third kappa shape index (κ3) is 4.19. The maximum absolute atomic E-state index is 13.2. The molecule has 0 saturated heterocycles. The van der Waals surface area contributed by atoms with Gasteiger partial charge in [-0.15, -0.1) is 0 Å². The van der Waals surface area contributed by atoms with Crippen LogP contribution < -0.4 is 0 Å². The van der Waals surface area contributed by atoms with Crippen LogP contribution in [0.25, 0.3) is 22.4 Å². The Morgan fingerprint density at radius 3 is 2.04 bits per heavy atom. The van der Waals surface area contributed by atoms with Crippen molar-refractivity contribution in [3.8, 4) is 22.4 Å². The molecule has 1 unspecified atom stereocenters.